The van der Waals surface area contributed by atoms with E-state index in [1.165, 1.54) is 6.92 Å². The molecule has 0 bridgehead atoms. The Kier molecular flexibility index (Phi) is 7.93. The fraction of sp³-hybridized carbons (Fsp3) is 0.500. The largest absolute Gasteiger partial charge is 0.416 e. The number of Topliss-reactive ketones (excluding diaryl/α,β-unsaturated/α-hetero) is 1. The fourth-order valence-corrected chi connectivity index (χ4v) is 5.57. The molecule has 10 heteroatoms. The molecule has 0 aromatic heterocycles. The van der Waals surface area contributed by atoms with E-state index in [-0.39, 0.29) is 23.5 Å². The van der Waals surface area contributed by atoms with Crippen LogP contribution in [-0.4, -0.2) is 35.7 Å². The number of carbonyl (C=O) groups is 2. The van der Waals surface area contributed by atoms with Gasteiger partial charge in [0.15, 0.2) is 0 Å². The van der Waals surface area contributed by atoms with Gasteiger partial charge >= 0.3 is 12.4 Å². The summed E-state index contributed by atoms with van der Waals surface area (Å²) >= 11 is 0. The summed E-state index contributed by atoms with van der Waals surface area (Å²) in [4.78, 5) is 27.3. The second kappa shape index (κ2) is 10.7. The number of rotatable bonds is 5. The first-order valence-electron chi connectivity index (χ1n) is 12.7. The third kappa shape index (κ3) is 6.22. The number of piperidine rings is 1. The Balaban J connectivity index is 1.58. The third-order valence-corrected chi connectivity index (χ3v) is 7.87. The van der Waals surface area contributed by atoms with Crippen molar-refractivity contribution in [3.8, 4) is 0 Å². The molecule has 2 fully saturated rings. The van der Waals surface area contributed by atoms with Crippen LogP contribution in [0.2, 0.25) is 0 Å². The molecule has 38 heavy (non-hydrogen) atoms. The van der Waals surface area contributed by atoms with E-state index in [1.54, 1.807) is 0 Å². The van der Waals surface area contributed by atoms with Gasteiger partial charge in [-0.25, -0.2) is 0 Å². The zero-order valence-corrected chi connectivity index (χ0v) is 21.0. The van der Waals surface area contributed by atoms with E-state index >= 15 is 0 Å². The van der Waals surface area contributed by atoms with Crippen LogP contribution in [0.4, 0.5) is 26.3 Å². The number of halogens is 6. The summed E-state index contributed by atoms with van der Waals surface area (Å²) in [6.07, 6.45) is -6.36. The Bertz CT molecular complexity index is 1110. The van der Waals surface area contributed by atoms with Crippen molar-refractivity contribution in [1.29, 1.82) is 0 Å². The lowest BCUT2D eigenvalue weighted by atomic mass is 9.74. The minimum Gasteiger partial charge on any atom is -0.346 e. The zero-order valence-electron chi connectivity index (χ0n) is 21.0. The molecule has 1 unspecified atom stereocenters. The maximum atomic E-state index is 13.4. The average Bonchev–Trinajstić information content (AvgIpc) is 2.88. The van der Waals surface area contributed by atoms with Crippen LogP contribution in [0.5, 0.6) is 0 Å². The molecule has 1 heterocycles. The number of ketones is 1. The number of nitrogens with one attached hydrogen (secondary N) is 1. The van der Waals surface area contributed by atoms with Gasteiger partial charge in [-0.05, 0) is 61.9 Å². The van der Waals surface area contributed by atoms with Gasteiger partial charge in [-0.1, -0.05) is 30.3 Å². The minimum atomic E-state index is -4.99. The van der Waals surface area contributed by atoms with Crippen molar-refractivity contribution in [3.05, 3.63) is 70.8 Å². The SMILES string of the molecule is CC(C(=O)N[C@]1(c2ccccc2)CC[C@@H](N2CCC(=O)CC2)CC1)c1cc(C(F)(F)F)cc(C(F)(F)F)c1. The highest BCUT2D eigenvalue weighted by molar-refractivity contribution is 5.84. The number of amides is 1. The van der Waals surface area contributed by atoms with Crippen LogP contribution >= 0.6 is 0 Å². The summed E-state index contributed by atoms with van der Waals surface area (Å²) in [6.45, 7) is 2.71. The van der Waals surface area contributed by atoms with Crippen molar-refractivity contribution < 1.29 is 35.9 Å². The van der Waals surface area contributed by atoms with Crippen LogP contribution < -0.4 is 5.32 Å². The van der Waals surface area contributed by atoms with Crippen LogP contribution in [0.3, 0.4) is 0 Å². The quantitative estimate of drug-likeness (QED) is 0.444. The van der Waals surface area contributed by atoms with Crippen molar-refractivity contribution in [2.45, 2.75) is 75.3 Å². The molecule has 1 atom stereocenters. The number of hydrogen-bond acceptors (Lipinski definition) is 3. The topological polar surface area (TPSA) is 49.4 Å². The maximum absolute atomic E-state index is 13.4. The molecule has 2 aromatic carbocycles. The van der Waals surface area contributed by atoms with Crippen LogP contribution in [0.1, 0.15) is 73.6 Å². The summed E-state index contributed by atoms with van der Waals surface area (Å²) in [5.74, 6) is -1.63. The minimum absolute atomic E-state index is 0.0645. The van der Waals surface area contributed by atoms with Gasteiger partial charge in [-0.2, -0.15) is 26.3 Å². The lowest BCUT2D eigenvalue weighted by Gasteiger charge is -2.45. The molecule has 206 valence electrons. The lowest BCUT2D eigenvalue weighted by molar-refractivity contribution is -0.143. The second-order valence-corrected chi connectivity index (χ2v) is 10.3. The van der Waals surface area contributed by atoms with E-state index in [2.05, 4.69) is 10.2 Å². The number of hydrogen-bond donors (Lipinski definition) is 1. The standard InChI is InChI=1S/C28H30F6N2O2/c1-18(19-15-21(27(29,30)31)17-22(16-19)28(32,33)34)25(38)35-26(20-5-3-2-4-6-20)11-7-23(8-12-26)36-13-9-24(37)10-14-36/h2-6,15-18,23H,7-14H2,1H3,(H,35,38)/t18?,23-,26-. The first-order chi connectivity index (χ1) is 17.8. The molecule has 1 aliphatic heterocycles. The van der Waals surface area contributed by atoms with Gasteiger partial charge in [0.2, 0.25) is 5.91 Å². The molecule has 1 aliphatic carbocycles. The van der Waals surface area contributed by atoms with Gasteiger partial charge in [0.25, 0.3) is 0 Å². The molecule has 1 saturated heterocycles. The highest BCUT2D eigenvalue weighted by atomic mass is 19.4. The average molecular weight is 541 g/mol. The zero-order chi connectivity index (χ0) is 27.7. The highest BCUT2D eigenvalue weighted by Crippen LogP contribution is 2.41. The number of alkyl halides is 6. The van der Waals surface area contributed by atoms with Crippen LogP contribution in [0, 0.1) is 0 Å². The molecule has 2 aliphatic rings. The first-order valence-corrected chi connectivity index (χ1v) is 12.7. The van der Waals surface area contributed by atoms with Crippen LogP contribution in [0.25, 0.3) is 0 Å². The van der Waals surface area contributed by atoms with Crippen molar-refractivity contribution >= 4 is 11.7 Å². The fourth-order valence-electron chi connectivity index (χ4n) is 5.57. The van der Waals surface area contributed by atoms with Crippen molar-refractivity contribution in [2.24, 2.45) is 0 Å². The summed E-state index contributed by atoms with van der Waals surface area (Å²) in [5, 5.41) is 3.02. The number of carbonyl (C=O) groups excluding carboxylic acids is 2. The predicted octanol–water partition coefficient (Wildman–Crippen LogP) is 6.45. The van der Waals surface area contributed by atoms with E-state index < -0.39 is 40.8 Å². The molecule has 1 saturated carbocycles. The third-order valence-electron chi connectivity index (χ3n) is 7.87. The molecule has 0 spiro atoms. The van der Waals surface area contributed by atoms with E-state index in [1.807, 2.05) is 30.3 Å². The van der Waals surface area contributed by atoms with Crippen molar-refractivity contribution in [1.82, 2.24) is 10.2 Å². The van der Waals surface area contributed by atoms with E-state index in [0.717, 1.165) is 18.4 Å². The molecule has 0 radical (unpaired) electrons. The van der Waals surface area contributed by atoms with Crippen molar-refractivity contribution in [3.63, 3.8) is 0 Å². The lowest BCUT2D eigenvalue weighted by Crippen LogP contribution is -2.53. The van der Waals surface area contributed by atoms with Gasteiger partial charge in [-0.3, -0.25) is 14.5 Å². The first kappa shape index (κ1) is 28.1. The highest BCUT2D eigenvalue weighted by Gasteiger charge is 2.42. The van der Waals surface area contributed by atoms with Gasteiger partial charge in [0.1, 0.15) is 5.78 Å². The van der Waals surface area contributed by atoms with Gasteiger partial charge in [-0.15, -0.1) is 0 Å². The summed E-state index contributed by atoms with van der Waals surface area (Å²) in [7, 11) is 0. The normalized spacial score (nSPS) is 24.2. The monoisotopic (exact) mass is 540 g/mol. The molecule has 4 rings (SSSR count). The maximum Gasteiger partial charge on any atom is 0.416 e. The summed E-state index contributed by atoms with van der Waals surface area (Å²) in [6, 6.07) is 10.8. The van der Waals surface area contributed by atoms with Gasteiger partial charge in [0, 0.05) is 32.0 Å². The van der Waals surface area contributed by atoms with E-state index in [4.69, 9.17) is 0 Å². The Morgan fingerprint density at radius 3 is 1.95 bits per heavy atom. The Labute approximate surface area is 217 Å². The number of likely N-dealkylation sites (tertiary alicyclic amines) is 1. The number of benzene rings is 2. The molecule has 2 aromatic rings. The molecular weight excluding hydrogens is 510 g/mol. The summed E-state index contributed by atoms with van der Waals surface area (Å²) < 4.78 is 80.3. The van der Waals surface area contributed by atoms with Crippen molar-refractivity contribution in [2.75, 3.05) is 13.1 Å². The smallest absolute Gasteiger partial charge is 0.346 e. The Morgan fingerprint density at radius 1 is 0.921 bits per heavy atom. The van der Waals surface area contributed by atoms with Gasteiger partial charge < -0.3 is 5.32 Å². The summed E-state index contributed by atoms with van der Waals surface area (Å²) in [5.41, 5.74) is -3.20. The van der Waals surface area contributed by atoms with E-state index in [0.29, 0.717) is 50.9 Å². The number of nitrogens with zero attached hydrogens (tertiary/aromatic N) is 1. The molecule has 1 N–H and O–H groups in total. The Morgan fingerprint density at radius 2 is 1.45 bits per heavy atom. The Hall–Kier alpha value is -2.88. The van der Waals surface area contributed by atoms with Crippen LogP contribution in [-0.2, 0) is 27.5 Å². The van der Waals surface area contributed by atoms with Crippen LogP contribution in [0.15, 0.2) is 48.5 Å². The second-order valence-electron chi connectivity index (χ2n) is 10.3. The molecule has 4 nitrogen and oxygen atoms in total. The van der Waals surface area contributed by atoms with E-state index in [9.17, 15) is 35.9 Å². The predicted molar refractivity (Wildman–Crippen MR) is 129 cm³/mol. The molecule has 1 amide bonds. The molecular formula is C28H30F6N2O2. The van der Waals surface area contributed by atoms with Gasteiger partial charge in [0.05, 0.1) is 22.6 Å².